The summed E-state index contributed by atoms with van der Waals surface area (Å²) >= 11 is 0. The summed E-state index contributed by atoms with van der Waals surface area (Å²) in [5.74, 6) is -1.66. The number of hydrogen-bond donors (Lipinski definition) is 2. The minimum absolute atomic E-state index is 0.115. The van der Waals surface area contributed by atoms with Crippen LogP contribution in [0.3, 0.4) is 0 Å². The maximum absolute atomic E-state index is 13.1. The van der Waals surface area contributed by atoms with E-state index in [1.165, 1.54) is 20.7 Å². The largest absolute Gasteiger partial charge is 0.357 e. The number of piperidine rings is 1. The third-order valence-electron chi connectivity index (χ3n) is 7.09. The standard InChI is InChI=1S/C23H25N7O5/c1-23(22(35)24-2)8-3-9-29(23)21(34)16-12-30(27-26-16)14-4-5-15-13(10-14)11-28(20(15)33)17-6-7-18(31)25-19(17)32/h4-5,10,12,17H,3,6-9,11H2,1-2H3,(H,24,35)(H,25,31,32). The summed E-state index contributed by atoms with van der Waals surface area (Å²) in [6.45, 7) is 2.42. The third-order valence-corrected chi connectivity index (χ3v) is 7.09. The van der Waals surface area contributed by atoms with Gasteiger partial charge >= 0.3 is 0 Å². The van der Waals surface area contributed by atoms with Gasteiger partial charge in [-0.2, -0.15) is 0 Å². The van der Waals surface area contributed by atoms with Gasteiger partial charge in [0.1, 0.15) is 11.6 Å². The maximum atomic E-state index is 13.1. The molecule has 12 heteroatoms. The molecule has 2 atom stereocenters. The van der Waals surface area contributed by atoms with E-state index in [9.17, 15) is 24.0 Å². The summed E-state index contributed by atoms with van der Waals surface area (Å²) in [7, 11) is 1.55. The van der Waals surface area contributed by atoms with Crippen molar-refractivity contribution in [3.63, 3.8) is 0 Å². The van der Waals surface area contributed by atoms with E-state index < -0.39 is 17.5 Å². The zero-order valence-corrected chi connectivity index (χ0v) is 19.4. The summed E-state index contributed by atoms with van der Waals surface area (Å²) in [6.07, 6.45) is 3.26. The number of likely N-dealkylation sites (tertiary alicyclic amines) is 1. The number of carbonyl (C=O) groups is 5. The van der Waals surface area contributed by atoms with Crippen molar-refractivity contribution in [1.82, 2.24) is 35.4 Å². The van der Waals surface area contributed by atoms with Crippen LogP contribution in [0.15, 0.2) is 24.4 Å². The number of imide groups is 1. The van der Waals surface area contributed by atoms with Crippen LogP contribution in [0.25, 0.3) is 5.69 Å². The van der Waals surface area contributed by atoms with Gasteiger partial charge in [-0.05, 0) is 49.9 Å². The number of nitrogens with one attached hydrogen (secondary N) is 2. The Hall–Kier alpha value is -4.09. The first kappa shape index (κ1) is 22.7. The van der Waals surface area contributed by atoms with Crippen molar-refractivity contribution >= 4 is 29.5 Å². The fourth-order valence-corrected chi connectivity index (χ4v) is 5.12. The van der Waals surface area contributed by atoms with Crippen LogP contribution in [-0.4, -0.2) is 79.5 Å². The molecule has 5 amide bonds. The number of fused-ring (bicyclic) bond motifs is 1. The van der Waals surface area contributed by atoms with Crippen LogP contribution >= 0.6 is 0 Å². The highest BCUT2D eigenvalue weighted by Crippen LogP contribution is 2.31. The van der Waals surface area contributed by atoms with Crippen LogP contribution < -0.4 is 10.6 Å². The van der Waals surface area contributed by atoms with E-state index >= 15 is 0 Å². The van der Waals surface area contributed by atoms with E-state index in [0.717, 1.165) is 0 Å². The minimum atomic E-state index is -0.941. The molecule has 35 heavy (non-hydrogen) atoms. The number of aromatic nitrogens is 3. The van der Waals surface area contributed by atoms with E-state index in [1.807, 2.05) is 0 Å². The Morgan fingerprint density at radius 3 is 2.77 bits per heavy atom. The lowest BCUT2D eigenvalue weighted by Crippen LogP contribution is -2.54. The fraction of sp³-hybridized carbons (Fsp3) is 0.435. The summed E-state index contributed by atoms with van der Waals surface area (Å²) in [5, 5.41) is 13.0. The topological polar surface area (TPSA) is 147 Å². The van der Waals surface area contributed by atoms with Gasteiger partial charge in [0.15, 0.2) is 5.69 Å². The van der Waals surface area contributed by atoms with Crippen molar-refractivity contribution in [3.05, 3.63) is 41.2 Å². The number of nitrogens with zero attached hydrogens (tertiary/aromatic N) is 5. The molecule has 0 radical (unpaired) electrons. The van der Waals surface area contributed by atoms with Crippen LogP contribution in [0.1, 0.15) is 59.0 Å². The zero-order chi connectivity index (χ0) is 24.9. The number of hydrogen-bond acceptors (Lipinski definition) is 7. The normalized spacial score (nSPS) is 23.9. The molecule has 2 unspecified atom stereocenters. The number of benzene rings is 1. The molecule has 5 rings (SSSR count). The van der Waals surface area contributed by atoms with Crippen molar-refractivity contribution in [2.24, 2.45) is 0 Å². The van der Waals surface area contributed by atoms with Crippen molar-refractivity contribution < 1.29 is 24.0 Å². The second kappa shape index (κ2) is 8.29. The molecule has 0 aliphatic carbocycles. The Labute approximate surface area is 200 Å². The molecule has 1 aromatic carbocycles. The molecule has 4 heterocycles. The molecule has 2 N–H and O–H groups in total. The second-order valence-corrected chi connectivity index (χ2v) is 9.20. The highest BCUT2D eigenvalue weighted by atomic mass is 16.2. The molecule has 3 aliphatic rings. The Kier molecular flexibility index (Phi) is 5.37. The van der Waals surface area contributed by atoms with Gasteiger partial charge in [0.05, 0.1) is 11.9 Å². The molecular formula is C23H25N7O5. The predicted molar refractivity (Wildman–Crippen MR) is 120 cm³/mol. The van der Waals surface area contributed by atoms with Gasteiger partial charge in [-0.3, -0.25) is 29.3 Å². The average Bonchev–Trinajstić information content (AvgIpc) is 3.56. The molecule has 0 spiro atoms. The Morgan fingerprint density at radius 2 is 2.03 bits per heavy atom. The zero-order valence-electron chi connectivity index (χ0n) is 19.4. The molecule has 0 bridgehead atoms. The van der Waals surface area contributed by atoms with E-state index in [4.69, 9.17) is 0 Å². The number of carbonyl (C=O) groups excluding carboxylic acids is 5. The van der Waals surface area contributed by atoms with Gasteiger partial charge in [-0.15, -0.1) is 5.10 Å². The van der Waals surface area contributed by atoms with E-state index in [0.29, 0.717) is 36.2 Å². The maximum Gasteiger partial charge on any atom is 0.276 e. The Balaban J connectivity index is 1.36. The van der Waals surface area contributed by atoms with Gasteiger partial charge in [0.25, 0.3) is 11.8 Å². The van der Waals surface area contributed by atoms with Crippen LogP contribution in [0.2, 0.25) is 0 Å². The molecule has 2 saturated heterocycles. The van der Waals surface area contributed by atoms with Gasteiger partial charge in [-0.1, -0.05) is 5.21 Å². The van der Waals surface area contributed by atoms with E-state index in [2.05, 4.69) is 20.9 Å². The lowest BCUT2D eigenvalue weighted by atomic mass is 9.97. The minimum Gasteiger partial charge on any atom is -0.357 e. The first-order valence-corrected chi connectivity index (χ1v) is 11.5. The fourth-order valence-electron chi connectivity index (χ4n) is 5.12. The Morgan fingerprint density at radius 1 is 1.23 bits per heavy atom. The molecular weight excluding hydrogens is 454 g/mol. The number of rotatable bonds is 4. The lowest BCUT2D eigenvalue weighted by molar-refractivity contribution is -0.137. The van der Waals surface area contributed by atoms with Crippen molar-refractivity contribution in [1.29, 1.82) is 0 Å². The highest BCUT2D eigenvalue weighted by molar-refractivity contribution is 6.05. The summed E-state index contributed by atoms with van der Waals surface area (Å²) in [6, 6.07) is 4.43. The molecule has 1 aromatic heterocycles. The smallest absolute Gasteiger partial charge is 0.276 e. The molecule has 0 saturated carbocycles. The quantitative estimate of drug-likeness (QED) is 0.576. The van der Waals surface area contributed by atoms with Gasteiger partial charge in [0, 0.05) is 32.1 Å². The summed E-state index contributed by atoms with van der Waals surface area (Å²) in [5.41, 5.74) is 0.969. The van der Waals surface area contributed by atoms with E-state index in [1.54, 1.807) is 32.2 Å². The number of likely N-dealkylation sites (N-methyl/N-ethyl adjacent to an activating group) is 1. The first-order valence-electron chi connectivity index (χ1n) is 11.5. The molecule has 3 aliphatic heterocycles. The summed E-state index contributed by atoms with van der Waals surface area (Å²) < 4.78 is 1.44. The van der Waals surface area contributed by atoms with Crippen LogP contribution in [-0.2, 0) is 20.9 Å². The molecule has 2 fully saturated rings. The summed E-state index contributed by atoms with van der Waals surface area (Å²) in [4.78, 5) is 65.1. The van der Waals surface area contributed by atoms with Crippen molar-refractivity contribution in [2.45, 2.75) is 50.7 Å². The van der Waals surface area contributed by atoms with Crippen molar-refractivity contribution in [3.8, 4) is 5.69 Å². The van der Waals surface area contributed by atoms with Crippen LogP contribution in [0, 0.1) is 0 Å². The second-order valence-electron chi connectivity index (χ2n) is 9.20. The number of amides is 5. The van der Waals surface area contributed by atoms with Gasteiger partial charge in [0.2, 0.25) is 17.7 Å². The average molecular weight is 479 g/mol. The monoisotopic (exact) mass is 479 g/mol. The SMILES string of the molecule is CNC(=O)C1(C)CCCN1C(=O)c1cn(-c2ccc3c(c2)CN(C2CCC(=O)NC2=O)C3=O)nn1. The van der Waals surface area contributed by atoms with Crippen LogP contribution in [0.5, 0.6) is 0 Å². The molecule has 12 nitrogen and oxygen atoms in total. The third kappa shape index (κ3) is 3.65. The highest BCUT2D eigenvalue weighted by Gasteiger charge is 2.46. The predicted octanol–water partition coefficient (Wildman–Crippen LogP) is -0.231. The van der Waals surface area contributed by atoms with Gasteiger partial charge in [-0.25, -0.2) is 4.68 Å². The molecule has 182 valence electrons. The first-order chi connectivity index (χ1) is 16.7. The van der Waals surface area contributed by atoms with Crippen molar-refractivity contribution in [2.75, 3.05) is 13.6 Å². The van der Waals surface area contributed by atoms with Crippen LogP contribution in [0.4, 0.5) is 0 Å². The molecule has 2 aromatic rings. The Bertz CT molecular complexity index is 1270. The van der Waals surface area contributed by atoms with E-state index in [-0.39, 0.29) is 48.7 Å². The lowest BCUT2D eigenvalue weighted by Gasteiger charge is -2.32. The van der Waals surface area contributed by atoms with Gasteiger partial charge < -0.3 is 15.1 Å².